The van der Waals surface area contributed by atoms with Crippen LogP contribution < -0.4 is 10.5 Å². The van der Waals surface area contributed by atoms with Crippen LogP contribution in [0, 0.1) is 11.3 Å². The van der Waals surface area contributed by atoms with Crippen molar-refractivity contribution in [2.24, 2.45) is 0 Å². The fourth-order valence-corrected chi connectivity index (χ4v) is 2.50. The van der Waals surface area contributed by atoms with Crippen LogP contribution in [0.4, 0.5) is 5.95 Å². The van der Waals surface area contributed by atoms with E-state index in [1.165, 1.54) is 18.4 Å². The maximum Gasteiger partial charge on any atom is 0.224 e. The van der Waals surface area contributed by atoms with Gasteiger partial charge >= 0.3 is 0 Å². The lowest BCUT2D eigenvalue weighted by atomic mass is 10.2. The van der Waals surface area contributed by atoms with Crippen LogP contribution in [0.25, 0.3) is 11.4 Å². The minimum Gasteiger partial charge on any atom is -0.477 e. The van der Waals surface area contributed by atoms with E-state index >= 15 is 0 Å². The van der Waals surface area contributed by atoms with Gasteiger partial charge in [0.25, 0.3) is 0 Å². The molecule has 1 unspecified atom stereocenters. The van der Waals surface area contributed by atoms with E-state index in [9.17, 15) is 4.21 Å². The van der Waals surface area contributed by atoms with Gasteiger partial charge in [-0.3, -0.25) is 4.21 Å². The average Bonchev–Trinajstić information content (AvgIpc) is 2.45. The van der Waals surface area contributed by atoms with Crippen LogP contribution in [0.5, 0.6) is 5.75 Å². The van der Waals surface area contributed by atoms with Gasteiger partial charge in [0.05, 0.1) is 20.8 Å². The molecule has 0 saturated heterocycles. The molecule has 1 aromatic carbocycles. The summed E-state index contributed by atoms with van der Waals surface area (Å²) in [4.78, 5) is 11.8. The Morgan fingerprint density at radius 3 is 2.68 bits per heavy atom. The molecule has 0 amide bonds. The van der Waals surface area contributed by atoms with E-state index in [0.29, 0.717) is 5.56 Å². The number of nitrogens with two attached hydrogens (primary N) is 1. The van der Waals surface area contributed by atoms with Gasteiger partial charge in [0.1, 0.15) is 11.8 Å². The number of nitrogens with zero attached hydrogens (tertiary/aromatic N) is 4. The maximum atomic E-state index is 11.5. The van der Waals surface area contributed by atoms with Gasteiger partial charge in [-0.25, -0.2) is 4.98 Å². The van der Waals surface area contributed by atoms with Gasteiger partial charge in [-0.05, 0) is 12.1 Å². The number of nitrogen functional groups attached to an aromatic ring is 1. The van der Waals surface area contributed by atoms with E-state index in [1.807, 2.05) is 6.07 Å². The van der Waals surface area contributed by atoms with Crippen molar-refractivity contribution in [2.75, 3.05) is 18.6 Å². The normalized spacial score (nSPS) is 11.7. The number of hydrogen-bond acceptors (Lipinski definition) is 7. The molecular formula is C12H9Cl2N5O2S. The number of aromatic nitrogens is 3. The topological polar surface area (TPSA) is 115 Å². The molecule has 1 aromatic heterocycles. The Hall–Kier alpha value is -1.95. The van der Waals surface area contributed by atoms with Gasteiger partial charge in [0.15, 0.2) is 12.4 Å². The number of hydrogen-bond donors (Lipinski definition) is 1. The molecule has 1 heterocycles. The van der Waals surface area contributed by atoms with E-state index in [4.69, 9.17) is 38.9 Å². The van der Waals surface area contributed by atoms with Crippen molar-refractivity contribution in [1.29, 1.82) is 5.26 Å². The molecule has 0 radical (unpaired) electrons. The van der Waals surface area contributed by atoms with Gasteiger partial charge in [-0.15, -0.1) is 0 Å². The standard InChI is InChI=1S/C12H9Cl2N5O2S/c1-22(20)12-18-10(17-11(16)19-12)6-4-9(21-3-2-15)8(14)5-7(6)13/h4-5H,3H2,1H3,(H2,16,17,18,19). The minimum atomic E-state index is -1.43. The van der Waals surface area contributed by atoms with E-state index in [0.717, 1.165) is 0 Å². The van der Waals surface area contributed by atoms with Gasteiger partial charge in [0.2, 0.25) is 11.1 Å². The number of ether oxygens (including phenoxy) is 1. The quantitative estimate of drug-likeness (QED) is 0.889. The lowest BCUT2D eigenvalue weighted by Crippen LogP contribution is -2.06. The second kappa shape index (κ2) is 6.87. The Morgan fingerprint density at radius 1 is 1.32 bits per heavy atom. The molecule has 2 N–H and O–H groups in total. The van der Waals surface area contributed by atoms with Crippen LogP contribution in [0.15, 0.2) is 17.3 Å². The molecule has 2 rings (SSSR count). The first-order valence-corrected chi connectivity index (χ1v) is 8.08. The van der Waals surface area contributed by atoms with Crippen LogP contribution in [0.1, 0.15) is 0 Å². The molecule has 1 atom stereocenters. The molecule has 0 aliphatic heterocycles. The smallest absolute Gasteiger partial charge is 0.224 e. The van der Waals surface area contributed by atoms with Gasteiger partial charge < -0.3 is 10.5 Å². The monoisotopic (exact) mass is 357 g/mol. The van der Waals surface area contributed by atoms with Crippen molar-refractivity contribution in [2.45, 2.75) is 5.16 Å². The van der Waals surface area contributed by atoms with Crippen molar-refractivity contribution in [3.8, 4) is 23.2 Å². The summed E-state index contributed by atoms with van der Waals surface area (Å²) in [6.07, 6.45) is 1.42. The predicted octanol–water partition coefficient (Wildman–Crippen LogP) is 2.07. The molecule has 10 heteroatoms. The summed E-state index contributed by atoms with van der Waals surface area (Å²) in [5.41, 5.74) is 5.97. The fraction of sp³-hybridized carbons (Fsp3) is 0.167. The van der Waals surface area contributed by atoms with E-state index < -0.39 is 10.8 Å². The van der Waals surface area contributed by atoms with Crippen LogP contribution in [0.2, 0.25) is 10.0 Å². The highest BCUT2D eigenvalue weighted by Crippen LogP contribution is 2.35. The van der Waals surface area contributed by atoms with Crippen LogP contribution in [-0.2, 0) is 10.8 Å². The first-order valence-electron chi connectivity index (χ1n) is 5.76. The Balaban J connectivity index is 2.57. The minimum absolute atomic E-state index is 0.0352. The Kier molecular flexibility index (Phi) is 5.13. The molecule has 22 heavy (non-hydrogen) atoms. The lowest BCUT2D eigenvalue weighted by molar-refractivity contribution is 0.368. The number of benzene rings is 1. The van der Waals surface area contributed by atoms with Crippen molar-refractivity contribution in [1.82, 2.24) is 15.0 Å². The highest BCUT2D eigenvalue weighted by molar-refractivity contribution is 7.84. The van der Waals surface area contributed by atoms with Crippen LogP contribution in [-0.4, -0.2) is 32.0 Å². The van der Waals surface area contributed by atoms with E-state index in [1.54, 1.807) is 0 Å². The Bertz CT molecular complexity index is 794. The lowest BCUT2D eigenvalue weighted by Gasteiger charge is -2.09. The SMILES string of the molecule is CS(=O)c1nc(N)nc(-c2cc(OCC#N)c(Cl)cc2Cl)n1. The third kappa shape index (κ3) is 3.62. The van der Waals surface area contributed by atoms with Crippen LogP contribution >= 0.6 is 23.2 Å². The molecule has 7 nitrogen and oxygen atoms in total. The van der Waals surface area contributed by atoms with Crippen molar-refractivity contribution < 1.29 is 8.95 Å². The zero-order valence-corrected chi connectivity index (χ0v) is 13.5. The summed E-state index contributed by atoms with van der Waals surface area (Å²) in [5.74, 6) is 0.308. The van der Waals surface area contributed by atoms with Gasteiger partial charge in [-0.2, -0.15) is 15.2 Å². The summed E-state index contributed by atoms with van der Waals surface area (Å²) in [5, 5.41) is 9.10. The third-order valence-electron chi connectivity index (χ3n) is 2.44. The molecule has 0 fully saturated rings. The molecular weight excluding hydrogens is 349 g/mol. The Labute approximate surface area is 138 Å². The first kappa shape index (κ1) is 16.4. The number of anilines is 1. The van der Waals surface area contributed by atoms with Gasteiger partial charge in [0, 0.05) is 11.8 Å². The number of rotatable bonds is 4. The molecule has 114 valence electrons. The molecule has 0 bridgehead atoms. The molecule has 0 aliphatic rings. The zero-order chi connectivity index (χ0) is 16.3. The molecule has 0 spiro atoms. The summed E-state index contributed by atoms with van der Waals surface area (Å²) in [6, 6.07) is 4.76. The number of halogens is 2. The highest BCUT2D eigenvalue weighted by Gasteiger charge is 2.15. The highest BCUT2D eigenvalue weighted by atomic mass is 35.5. The van der Waals surface area contributed by atoms with Crippen molar-refractivity contribution in [3.05, 3.63) is 22.2 Å². The number of nitriles is 1. The second-order valence-electron chi connectivity index (χ2n) is 3.96. The van der Waals surface area contributed by atoms with E-state index in [2.05, 4.69) is 15.0 Å². The maximum absolute atomic E-state index is 11.5. The summed E-state index contributed by atoms with van der Waals surface area (Å²) in [6.45, 7) is -0.176. The van der Waals surface area contributed by atoms with Crippen LogP contribution in [0.3, 0.4) is 0 Å². The van der Waals surface area contributed by atoms with Crippen molar-refractivity contribution in [3.63, 3.8) is 0 Å². The molecule has 0 saturated carbocycles. The molecule has 0 aliphatic carbocycles. The third-order valence-corrected chi connectivity index (χ3v) is 3.75. The summed E-state index contributed by atoms with van der Waals surface area (Å²) < 4.78 is 16.7. The van der Waals surface area contributed by atoms with E-state index in [-0.39, 0.29) is 39.3 Å². The largest absolute Gasteiger partial charge is 0.477 e. The molecule has 2 aromatic rings. The summed E-state index contributed by atoms with van der Waals surface area (Å²) in [7, 11) is -1.43. The van der Waals surface area contributed by atoms with Crippen molar-refractivity contribution >= 4 is 39.9 Å². The first-order chi connectivity index (χ1) is 10.4. The zero-order valence-electron chi connectivity index (χ0n) is 11.2. The fourth-order valence-electron chi connectivity index (χ4n) is 1.54. The predicted molar refractivity (Wildman–Crippen MR) is 83.1 cm³/mol. The average molecular weight is 358 g/mol. The Morgan fingerprint density at radius 2 is 2.05 bits per heavy atom. The van der Waals surface area contributed by atoms with Gasteiger partial charge in [-0.1, -0.05) is 23.2 Å². The summed E-state index contributed by atoms with van der Waals surface area (Å²) >= 11 is 12.1. The second-order valence-corrected chi connectivity index (χ2v) is 6.05.